The van der Waals surface area contributed by atoms with E-state index in [2.05, 4.69) is 25.6 Å². The van der Waals surface area contributed by atoms with Crippen molar-refractivity contribution in [1.29, 1.82) is 0 Å². The summed E-state index contributed by atoms with van der Waals surface area (Å²) in [5, 5.41) is 16.3. The van der Waals surface area contributed by atoms with Gasteiger partial charge in [0.25, 0.3) is 0 Å². The molecule has 0 amide bonds. The molecule has 0 spiro atoms. The number of aromatic nitrogens is 7. The molecule has 0 bridgehead atoms. The number of tetrazole rings is 1. The minimum Gasteiger partial charge on any atom is -0.232 e. The fourth-order valence-electron chi connectivity index (χ4n) is 2.17. The Hall–Kier alpha value is -2.28. The van der Waals surface area contributed by atoms with Crippen LogP contribution in [0.25, 0.3) is 5.69 Å². The van der Waals surface area contributed by atoms with Crippen LogP contribution in [-0.2, 0) is 13.0 Å². The van der Waals surface area contributed by atoms with Crippen molar-refractivity contribution in [2.24, 2.45) is 0 Å². The molecule has 0 N–H and O–H groups in total. The fraction of sp³-hybridized carbons (Fsp3) is 0.308. The first-order valence-electron chi connectivity index (χ1n) is 6.53. The molecule has 0 radical (unpaired) electrons. The molecule has 1 aromatic carbocycles. The zero-order valence-electron chi connectivity index (χ0n) is 11.7. The summed E-state index contributed by atoms with van der Waals surface area (Å²) < 4.78 is 3.52. The molecule has 2 heterocycles. The van der Waals surface area contributed by atoms with Gasteiger partial charge in [0.15, 0.2) is 0 Å². The highest BCUT2D eigenvalue weighted by Gasteiger charge is 2.12. The van der Waals surface area contributed by atoms with E-state index in [1.54, 1.807) is 11.0 Å². The lowest BCUT2D eigenvalue weighted by Crippen LogP contribution is -2.09. The minimum absolute atomic E-state index is 0.651. The van der Waals surface area contributed by atoms with Crippen LogP contribution in [0.5, 0.6) is 0 Å². The molecule has 108 valence electrons. The minimum atomic E-state index is 0.651. The van der Waals surface area contributed by atoms with Gasteiger partial charge in [-0.25, -0.2) is 14.3 Å². The lowest BCUT2D eigenvalue weighted by Gasteiger charge is -2.09. The second-order valence-corrected chi connectivity index (χ2v) is 5.18. The zero-order valence-corrected chi connectivity index (χ0v) is 12.5. The summed E-state index contributed by atoms with van der Waals surface area (Å²) >= 11 is 6.01. The van der Waals surface area contributed by atoms with Gasteiger partial charge < -0.3 is 0 Å². The maximum atomic E-state index is 6.01. The molecule has 3 rings (SSSR count). The fourth-order valence-corrected chi connectivity index (χ4v) is 2.39. The smallest absolute Gasteiger partial charge is 0.148 e. The molecule has 0 saturated heterocycles. The van der Waals surface area contributed by atoms with Gasteiger partial charge in [-0.3, -0.25) is 0 Å². The maximum Gasteiger partial charge on any atom is 0.148 e. The Morgan fingerprint density at radius 3 is 2.81 bits per heavy atom. The highest BCUT2D eigenvalue weighted by molar-refractivity contribution is 6.30. The monoisotopic (exact) mass is 303 g/mol. The molecule has 0 unspecified atom stereocenters. The van der Waals surface area contributed by atoms with Crippen molar-refractivity contribution in [1.82, 2.24) is 35.0 Å². The number of rotatable bonds is 4. The molecule has 0 aliphatic heterocycles. The van der Waals surface area contributed by atoms with Crippen LogP contribution in [0.2, 0.25) is 5.02 Å². The van der Waals surface area contributed by atoms with E-state index in [0.717, 1.165) is 22.9 Å². The van der Waals surface area contributed by atoms with E-state index in [-0.39, 0.29) is 0 Å². The van der Waals surface area contributed by atoms with Crippen LogP contribution >= 0.6 is 11.6 Å². The van der Waals surface area contributed by atoms with Crippen molar-refractivity contribution >= 4 is 11.6 Å². The van der Waals surface area contributed by atoms with Crippen LogP contribution in [0.15, 0.2) is 24.5 Å². The molecule has 0 fully saturated rings. The van der Waals surface area contributed by atoms with Crippen molar-refractivity contribution in [2.45, 2.75) is 26.8 Å². The van der Waals surface area contributed by atoms with Gasteiger partial charge in [-0.05, 0) is 48.0 Å². The highest BCUT2D eigenvalue weighted by Crippen LogP contribution is 2.20. The van der Waals surface area contributed by atoms with Crippen molar-refractivity contribution in [3.05, 3.63) is 46.8 Å². The normalized spacial score (nSPS) is 11.0. The molecule has 0 aliphatic rings. The van der Waals surface area contributed by atoms with E-state index >= 15 is 0 Å². The summed E-state index contributed by atoms with van der Waals surface area (Å²) in [4.78, 5) is 4.49. The first-order chi connectivity index (χ1) is 10.1. The van der Waals surface area contributed by atoms with Gasteiger partial charge in [-0.2, -0.15) is 5.10 Å². The van der Waals surface area contributed by atoms with E-state index in [9.17, 15) is 0 Å². The Balaban J connectivity index is 1.91. The Labute approximate surface area is 126 Å². The van der Waals surface area contributed by atoms with Crippen LogP contribution in [0.3, 0.4) is 0 Å². The molecule has 0 saturated carbocycles. The third-order valence-corrected chi connectivity index (χ3v) is 3.36. The molecule has 2 aromatic heterocycles. The lowest BCUT2D eigenvalue weighted by atomic mass is 10.2. The summed E-state index contributed by atoms with van der Waals surface area (Å²) in [5.74, 6) is 1.60. The molecule has 7 nitrogen and oxygen atoms in total. The topological polar surface area (TPSA) is 74.3 Å². The van der Waals surface area contributed by atoms with Gasteiger partial charge in [0.05, 0.1) is 12.2 Å². The van der Waals surface area contributed by atoms with Crippen molar-refractivity contribution in [2.75, 3.05) is 0 Å². The first-order valence-corrected chi connectivity index (χ1v) is 6.91. The second-order valence-electron chi connectivity index (χ2n) is 4.74. The largest absolute Gasteiger partial charge is 0.232 e. The number of hydrogen-bond donors (Lipinski definition) is 0. The van der Waals surface area contributed by atoms with E-state index < -0.39 is 0 Å². The summed E-state index contributed by atoms with van der Waals surface area (Å²) in [7, 11) is 0. The Morgan fingerprint density at radius 1 is 1.24 bits per heavy atom. The zero-order chi connectivity index (χ0) is 14.8. The molecular weight excluding hydrogens is 290 g/mol. The second kappa shape index (κ2) is 5.61. The molecule has 0 aliphatic carbocycles. The Morgan fingerprint density at radius 2 is 2.10 bits per heavy atom. The van der Waals surface area contributed by atoms with Crippen LogP contribution in [0.4, 0.5) is 0 Å². The van der Waals surface area contributed by atoms with Gasteiger partial charge in [0.1, 0.15) is 18.0 Å². The molecule has 3 aromatic rings. The number of aryl methyl sites for hydroxylation is 4. The van der Waals surface area contributed by atoms with Crippen LogP contribution < -0.4 is 0 Å². The summed E-state index contributed by atoms with van der Waals surface area (Å²) in [6.07, 6.45) is 2.27. The predicted octanol–water partition coefficient (Wildman–Crippen LogP) is 1.77. The van der Waals surface area contributed by atoms with Gasteiger partial charge in [0, 0.05) is 11.4 Å². The standard InChI is InChI=1S/C13H14ClN7/c1-9-7-11(14)3-4-12(9)21-13(16-10(2)17-21)5-6-20-8-15-18-19-20/h3-4,7-8H,5-6H2,1-2H3. The number of nitrogens with zero attached hydrogens (tertiary/aromatic N) is 7. The predicted molar refractivity (Wildman–Crippen MR) is 77.4 cm³/mol. The Kier molecular flexibility index (Phi) is 3.66. The van der Waals surface area contributed by atoms with Gasteiger partial charge >= 0.3 is 0 Å². The molecule has 21 heavy (non-hydrogen) atoms. The first kappa shape index (κ1) is 13.7. The van der Waals surface area contributed by atoms with E-state index in [1.165, 1.54) is 0 Å². The number of halogens is 1. The summed E-state index contributed by atoms with van der Waals surface area (Å²) in [6.45, 7) is 4.53. The molecule has 8 heteroatoms. The SMILES string of the molecule is Cc1nc(CCn2cnnn2)n(-c2ccc(Cl)cc2C)n1. The molecule has 0 atom stereocenters. The summed E-state index contributed by atoms with van der Waals surface area (Å²) in [5.41, 5.74) is 2.03. The number of hydrogen-bond acceptors (Lipinski definition) is 5. The average Bonchev–Trinajstić information content (AvgIpc) is 3.06. The summed E-state index contributed by atoms with van der Waals surface area (Å²) in [6, 6.07) is 5.72. The highest BCUT2D eigenvalue weighted by atomic mass is 35.5. The van der Waals surface area contributed by atoms with Gasteiger partial charge in [-0.1, -0.05) is 11.6 Å². The third kappa shape index (κ3) is 2.92. The number of benzene rings is 1. The lowest BCUT2D eigenvalue weighted by molar-refractivity contribution is 0.570. The third-order valence-electron chi connectivity index (χ3n) is 3.12. The van der Waals surface area contributed by atoms with Crippen LogP contribution in [0, 0.1) is 13.8 Å². The molecular formula is C13H14ClN7. The van der Waals surface area contributed by atoms with Crippen LogP contribution in [-0.4, -0.2) is 35.0 Å². The van der Waals surface area contributed by atoms with E-state index in [1.807, 2.05) is 36.7 Å². The van der Waals surface area contributed by atoms with Crippen molar-refractivity contribution < 1.29 is 0 Å². The average molecular weight is 304 g/mol. The van der Waals surface area contributed by atoms with Crippen molar-refractivity contribution in [3.8, 4) is 5.69 Å². The van der Waals surface area contributed by atoms with Gasteiger partial charge in [0.2, 0.25) is 0 Å². The van der Waals surface area contributed by atoms with Crippen molar-refractivity contribution in [3.63, 3.8) is 0 Å². The van der Waals surface area contributed by atoms with E-state index in [0.29, 0.717) is 18.0 Å². The van der Waals surface area contributed by atoms with E-state index in [4.69, 9.17) is 11.6 Å². The van der Waals surface area contributed by atoms with Gasteiger partial charge in [-0.15, -0.1) is 5.10 Å². The van der Waals surface area contributed by atoms with Crippen LogP contribution in [0.1, 0.15) is 17.2 Å². The quantitative estimate of drug-likeness (QED) is 0.734. The maximum absolute atomic E-state index is 6.01. The Bertz CT molecular complexity index is 748.